The Morgan fingerprint density at radius 1 is 1.24 bits per heavy atom. The van der Waals surface area contributed by atoms with Crippen LogP contribution in [0, 0.1) is 0 Å². The van der Waals surface area contributed by atoms with Crippen LogP contribution in [0.5, 0.6) is 5.88 Å². The number of rotatable bonds is 2. The predicted molar refractivity (Wildman–Crippen MR) is 57.9 cm³/mol. The lowest BCUT2D eigenvalue weighted by Crippen LogP contribution is -2.08. The van der Waals surface area contributed by atoms with Gasteiger partial charge in [0.05, 0.1) is 5.69 Å². The summed E-state index contributed by atoms with van der Waals surface area (Å²) in [5.74, 6) is -0.478. The topological polar surface area (TPSA) is 100 Å². The molecule has 2 rings (SSSR count). The van der Waals surface area contributed by atoms with Crippen molar-refractivity contribution >= 4 is 17.6 Å². The first kappa shape index (κ1) is 10.8. The minimum atomic E-state index is -1.39. The summed E-state index contributed by atoms with van der Waals surface area (Å²) in [7, 11) is 0. The second-order valence-electron chi connectivity index (χ2n) is 3.09. The third-order valence-corrected chi connectivity index (χ3v) is 1.88. The molecular weight excluding hydrogens is 224 g/mol. The lowest BCUT2D eigenvalue weighted by molar-refractivity contribution is 0.189. The van der Waals surface area contributed by atoms with E-state index >= 15 is 0 Å². The third kappa shape index (κ3) is 2.46. The van der Waals surface area contributed by atoms with Gasteiger partial charge in [-0.3, -0.25) is 0 Å². The lowest BCUT2D eigenvalue weighted by atomic mass is 10.3. The predicted octanol–water partition coefficient (Wildman–Crippen LogP) is 2.53. The Kier molecular flexibility index (Phi) is 2.82. The van der Waals surface area contributed by atoms with Crippen LogP contribution in [0.3, 0.4) is 0 Å². The Morgan fingerprint density at radius 3 is 2.53 bits per heavy atom. The first-order valence-electron chi connectivity index (χ1n) is 4.66. The number of azo groups is 1. The fourth-order valence-corrected chi connectivity index (χ4v) is 1.15. The molecule has 2 N–H and O–H groups in total. The summed E-state index contributed by atoms with van der Waals surface area (Å²) in [6, 6.07) is 10.0. The van der Waals surface area contributed by atoms with Crippen molar-refractivity contribution in [1.82, 2.24) is 9.78 Å². The fourth-order valence-electron chi connectivity index (χ4n) is 1.15. The van der Waals surface area contributed by atoms with Gasteiger partial charge < -0.3 is 10.2 Å². The number of aromatic nitrogens is 2. The highest BCUT2D eigenvalue weighted by Crippen LogP contribution is 2.20. The highest BCUT2D eigenvalue weighted by Gasteiger charge is 2.11. The van der Waals surface area contributed by atoms with E-state index in [1.807, 2.05) is 6.07 Å². The Labute approximate surface area is 95.7 Å². The number of carboxylic acid groups (broad SMARTS) is 1. The molecule has 1 aromatic heterocycles. The van der Waals surface area contributed by atoms with E-state index in [4.69, 9.17) is 5.11 Å². The van der Waals surface area contributed by atoms with Crippen molar-refractivity contribution in [3.63, 3.8) is 0 Å². The van der Waals surface area contributed by atoms with Gasteiger partial charge in [-0.05, 0) is 12.1 Å². The Balaban J connectivity index is 2.22. The van der Waals surface area contributed by atoms with Crippen LogP contribution < -0.4 is 0 Å². The van der Waals surface area contributed by atoms with Crippen molar-refractivity contribution in [1.29, 1.82) is 0 Å². The van der Waals surface area contributed by atoms with Crippen LogP contribution in [-0.4, -0.2) is 26.1 Å². The van der Waals surface area contributed by atoms with E-state index in [2.05, 4.69) is 15.3 Å². The van der Waals surface area contributed by atoms with Gasteiger partial charge in [0, 0.05) is 6.07 Å². The number of nitrogens with zero attached hydrogens (tertiary/aromatic N) is 4. The van der Waals surface area contributed by atoms with Crippen molar-refractivity contribution < 1.29 is 15.0 Å². The van der Waals surface area contributed by atoms with E-state index in [1.54, 1.807) is 24.3 Å². The number of benzene rings is 1. The average Bonchev–Trinajstić information content (AvgIpc) is 2.69. The van der Waals surface area contributed by atoms with Gasteiger partial charge in [-0.1, -0.05) is 18.2 Å². The lowest BCUT2D eigenvalue weighted by Gasteiger charge is -1.90. The zero-order chi connectivity index (χ0) is 12.3. The third-order valence-electron chi connectivity index (χ3n) is 1.88. The molecule has 0 saturated carbocycles. The van der Waals surface area contributed by atoms with Gasteiger partial charge in [0.2, 0.25) is 5.88 Å². The second-order valence-corrected chi connectivity index (χ2v) is 3.09. The molecule has 1 heterocycles. The van der Waals surface area contributed by atoms with E-state index in [9.17, 15) is 9.90 Å². The van der Waals surface area contributed by atoms with Crippen LogP contribution in [0.15, 0.2) is 46.6 Å². The first-order valence-corrected chi connectivity index (χ1v) is 4.66. The molecule has 0 amide bonds. The minimum absolute atomic E-state index is 0.0220. The summed E-state index contributed by atoms with van der Waals surface area (Å²) < 4.78 is 0.416. The van der Waals surface area contributed by atoms with E-state index in [0.29, 0.717) is 10.4 Å². The van der Waals surface area contributed by atoms with Gasteiger partial charge in [-0.15, -0.1) is 20.0 Å². The number of aromatic hydroxyl groups is 1. The Hall–Kier alpha value is -2.70. The molecule has 7 nitrogen and oxygen atoms in total. The molecule has 86 valence electrons. The minimum Gasteiger partial charge on any atom is -0.493 e. The molecule has 2 aromatic rings. The summed E-state index contributed by atoms with van der Waals surface area (Å²) >= 11 is 0. The summed E-state index contributed by atoms with van der Waals surface area (Å²) in [5, 5.41) is 28.9. The van der Waals surface area contributed by atoms with Crippen LogP contribution in [0.4, 0.5) is 16.3 Å². The molecule has 0 aliphatic rings. The van der Waals surface area contributed by atoms with Crippen molar-refractivity contribution in [2.45, 2.75) is 0 Å². The summed E-state index contributed by atoms with van der Waals surface area (Å²) in [4.78, 5) is 10.6. The molecule has 0 aliphatic carbocycles. The normalized spacial score (nSPS) is 10.8. The standard InChI is InChI=1S/C10H8N4O3/c15-9-6-8(13-14(9)10(16)17)12-11-7-4-2-1-3-5-7/h1-6,15H,(H,16,17). The molecule has 0 fully saturated rings. The first-order chi connectivity index (χ1) is 8.16. The number of hydrogen-bond acceptors (Lipinski definition) is 5. The van der Waals surface area contributed by atoms with Gasteiger partial charge in [-0.2, -0.15) is 0 Å². The SMILES string of the molecule is O=C(O)n1nc(N=Nc2ccccc2)cc1O. The Morgan fingerprint density at radius 2 is 1.94 bits per heavy atom. The van der Waals surface area contributed by atoms with E-state index in [1.165, 1.54) is 0 Å². The van der Waals surface area contributed by atoms with Gasteiger partial charge in [0.1, 0.15) is 0 Å². The molecule has 0 atom stereocenters. The number of hydrogen-bond donors (Lipinski definition) is 2. The van der Waals surface area contributed by atoms with Crippen molar-refractivity contribution in [2.75, 3.05) is 0 Å². The summed E-state index contributed by atoms with van der Waals surface area (Å²) in [6.45, 7) is 0. The zero-order valence-electron chi connectivity index (χ0n) is 8.56. The highest BCUT2D eigenvalue weighted by molar-refractivity contribution is 5.69. The molecule has 0 bridgehead atoms. The second kappa shape index (κ2) is 4.44. The largest absolute Gasteiger partial charge is 0.493 e. The Bertz CT molecular complexity index is 562. The van der Waals surface area contributed by atoms with Gasteiger partial charge in [-0.25, -0.2) is 4.79 Å². The van der Waals surface area contributed by atoms with Crippen LogP contribution >= 0.6 is 0 Å². The average molecular weight is 232 g/mol. The van der Waals surface area contributed by atoms with Gasteiger partial charge in [0.15, 0.2) is 5.82 Å². The number of carbonyl (C=O) groups is 1. The molecule has 1 aromatic carbocycles. The molecule has 0 unspecified atom stereocenters. The van der Waals surface area contributed by atoms with Crippen LogP contribution in [0.2, 0.25) is 0 Å². The fraction of sp³-hybridized carbons (Fsp3) is 0. The molecule has 0 aliphatic heterocycles. The highest BCUT2D eigenvalue weighted by atomic mass is 16.4. The zero-order valence-corrected chi connectivity index (χ0v) is 8.56. The maximum Gasteiger partial charge on any atom is 0.435 e. The molecule has 0 saturated heterocycles. The van der Waals surface area contributed by atoms with Crippen LogP contribution in [0.25, 0.3) is 0 Å². The van der Waals surface area contributed by atoms with Gasteiger partial charge in [0.25, 0.3) is 0 Å². The molecule has 0 radical (unpaired) electrons. The van der Waals surface area contributed by atoms with E-state index in [0.717, 1.165) is 6.07 Å². The maximum absolute atomic E-state index is 10.6. The van der Waals surface area contributed by atoms with Gasteiger partial charge >= 0.3 is 6.09 Å². The maximum atomic E-state index is 10.6. The van der Waals surface area contributed by atoms with Crippen LogP contribution in [0.1, 0.15) is 0 Å². The smallest absolute Gasteiger partial charge is 0.435 e. The molecule has 17 heavy (non-hydrogen) atoms. The monoisotopic (exact) mass is 232 g/mol. The molecular formula is C10H8N4O3. The van der Waals surface area contributed by atoms with Crippen molar-refractivity contribution in [2.24, 2.45) is 10.2 Å². The summed E-state index contributed by atoms with van der Waals surface area (Å²) in [5.41, 5.74) is 0.608. The summed E-state index contributed by atoms with van der Waals surface area (Å²) in [6.07, 6.45) is -1.39. The van der Waals surface area contributed by atoms with Crippen molar-refractivity contribution in [3.8, 4) is 5.88 Å². The molecule has 0 spiro atoms. The van der Waals surface area contributed by atoms with E-state index in [-0.39, 0.29) is 5.82 Å². The van der Waals surface area contributed by atoms with Crippen molar-refractivity contribution in [3.05, 3.63) is 36.4 Å². The quantitative estimate of drug-likeness (QED) is 0.777. The molecule has 7 heteroatoms. The van der Waals surface area contributed by atoms with E-state index < -0.39 is 12.0 Å². The van der Waals surface area contributed by atoms with Crippen LogP contribution in [-0.2, 0) is 0 Å².